The number of allylic oxidation sites excluding steroid dienone is 4. The molecule has 0 aliphatic carbocycles. The van der Waals surface area contributed by atoms with Gasteiger partial charge >= 0.3 is 18.0 Å². The summed E-state index contributed by atoms with van der Waals surface area (Å²) in [6, 6.07) is 0. The highest BCUT2D eigenvalue weighted by molar-refractivity contribution is 5.70. The van der Waals surface area contributed by atoms with Crippen LogP contribution in [0.25, 0.3) is 0 Å². The van der Waals surface area contributed by atoms with Crippen molar-refractivity contribution in [2.45, 2.75) is 220 Å². The van der Waals surface area contributed by atoms with Gasteiger partial charge in [0.25, 0.3) is 0 Å². The Morgan fingerprint density at radius 1 is 0.491 bits per heavy atom. The lowest BCUT2D eigenvalue weighted by atomic mass is 10.1. The zero-order valence-corrected chi connectivity index (χ0v) is 36.7. The van der Waals surface area contributed by atoms with Crippen molar-refractivity contribution in [3.8, 4) is 0 Å². The lowest BCUT2D eigenvalue weighted by Gasteiger charge is -2.27. The van der Waals surface area contributed by atoms with Crippen molar-refractivity contribution in [1.29, 1.82) is 0 Å². The molecule has 0 aromatic rings. The van der Waals surface area contributed by atoms with Crippen LogP contribution < -0.4 is 5.32 Å². The van der Waals surface area contributed by atoms with E-state index in [4.69, 9.17) is 14.2 Å². The summed E-state index contributed by atoms with van der Waals surface area (Å²) in [5.74, 6) is -0.373. The summed E-state index contributed by atoms with van der Waals surface area (Å²) in [6.45, 7) is 12.1. The van der Waals surface area contributed by atoms with Crippen LogP contribution in [0.15, 0.2) is 24.3 Å². The molecule has 0 rings (SSSR count). The van der Waals surface area contributed by atoms with Gasteiger partial charge in [-0.05, 0) is 85.0 Å². The van der Waals surface area contributed by atoms with Crippen molar-refractivity contribution in [3.05, 3.63) is 24.3 Å². The van der Waals surface area contributed by atoms with Crippen molar-refractivity contribution >= 4 is 18.0 Å². The SMILES string of the molecule is CCCCCCCC/C=C\CCCCCCCC(=O)OCCNCCN(CCOC(=O)CCCCCCC/C=C\CCCCCCCC)C(=O)OC(C)(C)C. The van der Waals surface area contributed by atoms with Gasteiger partial charge in [0.05, 0.1) is 6.54 Å². The second-order valence-electron chi connectivity index (χ2n) is 16.3. The molecule has 0 aliphatic heterocycles. The van der Waals surface area contributed by atoms with Crippen LogP contribution in [0, 0.1) is 0 Å². The van der Waals surface area contributed by atoms with E-state index >= 15 is 0 Å². The Hall–Kier alpha value is -2.35. The summed E-state index contributed by atoms with van der Waals surface area (Å²) in [4.78, 5) is 38.8. The monoisotopic (exact) mass is 777 g/mol. The molecule has 1 N–H and O–H groups in total. The van der Waals surface area contributed by atoms with Gasteiger partial charge in [-0.1, -0.05) is 141 Å². The van der Waals surface area contributed by atoms with E-state index in [1.165, 1.54) is 116 Å². The highest BCUT2D eigenvalue weighted by Gasteiger charge is 2.22. The molecule has 0 saturated carbocycles. The summed E-state index contributed by atoms with van der Waals surface area (Å²) in [7, 11) is 0. The predicted molar refractivity (Wildman–Crippen MR) is 231 cm³/mol. The molecule has 322 valence electrons. The topological polar surface area (TPSA) is 94.2 Å². The molecule has 0 aliphatic rings. The minimum Gasteiger partial charge on any atom is -0.464 e. The van der Waals surface area contributed by atoms with Crippen LogP contribution in [-0.4, -0.2) is 67.9 Å². The normalized spacial score (nSPS) is 11.8. The van der Waals surface area contributed by atoms with Crippen molar-refractivity contribution in [3.63, 3.8) is 0 Å². The van der Waals surface area contributed by atoms with Gasteiger partial charge in [0.2, 0.25) is 0 Å². The highest BCUT2D eigenvalue weighted by Crippen LogP contribution is 2.13. The van der Waals surface area contributed by atoms with Crippen LogP contribution in [0.5, 0.6) is 0 Å². The van der Waals surface area contributed by atoms with Gasteiger partial charge in [-0.25, -0.2) is 4.79 Å². The summed E-state index contributed by atoms with van der Waals surface area (Å²) in [5, 5.41) is 3.24. The van der Waals surface area contributed by atoms with Gasteiger partial charge in [0.1, 0.15) is 18.8 Å². The number of carbonyl (C=O) groups is 3. The summed E-state index contributed by atoms with van der Waals surface area (Å²) < 4.78 is 16.4. The number of nitrogens with one attached hydrogen (secondary N) is 1. The van der Waals surface area contributed by atoms with E-state index in [0.717, 1.165) is 51.4 Å². The molecule has 0 saturated heterocycles. The van der Waals surface area contributed by atoms with E-state index in [1.807, 2.05) is 20.8 Å². The molecule has 8 heteroatoms. The maximum atomic E-state index is 12.8. The Balaban J connectivity index is 3.95. The Bertz CT molecular complexity index is 944. The van der Waals surface area contributed by atoms with Crippen LogP contribution in [0.4, 0.5) is 4.79 Å². The van der Waals surface area contributed by atoms with Crippen molar-refractivity contribution < 1.29 is 28.6 Å². The van der Waals surface area contributed by atoms with Crippen molar-refractivity contribution in [2.75, 3.05) is 39.4 Å². The van der Waals surface area contributed by atoms with Crippen molar-refractivity contribution in [2.24, 2.45) is 0 Å². The maximum Gasteiger partial charge on any atom is 0.410 e. The molecular weight excluding hydrogens is 689 g/mol. The van der Waals surface area contributed by atoms with Crippen LogP contribution >= 0.6 is 0 Å². The third kappa shape index (κ3) is 41.1. The van der Waals surface area contributed by atoms with E-state index < -0.39 is 11.7 Å². The van der Waals surface area contributed by atoms with Gasteiger partial charge in [-0.3, -0.25) is 9.59 Å². The number of esters is 2. The van der Waals surface area contributed by atoms with Crippen LogP contribution in [0.2, 0.25) is 0 Å². The summed E-state index contributed by atoms with van der Waals surface area (Å²) >= 11 is 0. The van der Waals surface area contributed by atoms with Gasteiger partial charge in [-0.2, -0.15) is 0 Å². The standard InChI is InChI=1S/C47H88N2O6/c1-6-8-10-12-14-16-18-20-22-24-26-28-30-32-34-36-44(50)53-42-39-48-38-40-49(46(52)55-47(3,4)5)41-43-54-45(51)37-35-33-31-29-27-25-23-21-19-17-15-13-11-9-7-2/h20-23,48H,6-19,24-43H2,1-5H3/b22-20-,23-21-. The van der Waals surface area contributed by atoms with E-state index in [-0.39, 0.29) is 25.1 Å². The molecule has 0 atom stereocenters. The second-order valence-corrected chi connectivity index (χ2v) is 16.3. The third-order valence-corrected chi connectivity index (χ3v) is 9.66. The molecule has 0 fully saturated rings. The molecular formula is C47H88N2O6. The number of carbonyl (C=O) groups excluding carboxylic acids is 3. The molecule has 8 nitrogen and oxygen atoms in total. The van der Waals surface area contributed by atoms with Crippen LogP contribution in [0.3, 0.4) is 0 Å². The maximum absolute atomic E-state index is 12.8. The number of hydrogen-bond donors (Lipinski definition) is 1. The fraction of sp³-hybridized carbons (Fsp3) is 0.851. The van der Waals surface area contributed by atoms with E-state index in [9.17, 15) is 14.4 Å². The summed E-state index contributed by atoms with van der Waals surface area (Å²) in [6.07, 6.45) is 41.6. The number of hydrogen-bond acceptors (Lipinski definition) is 7. The van der Waals surface area contributed by atoms with Crippen LogP contribution in [0.1, 0.15) is 214 Å². The van der Waals surface area contributed by atoms with Gasteiger partial charge in [-0.15, -0.1) is 0 Å². The first kappa shape index (κ1) is 52.6. The molecule has 0 aromatic heterocycles. The fourth-order valence-corrected chi connectivity index (χ4v) is 6.29. The molecule has 0 aromatic carbocycles. The lowest BCUT2D eigenvalue weighted by molar-refractivity contribution is -0.145. The Morgan fingerprint density at radius 3 is 1.29 bits per heavy atom. The fourth-order valence-electron chi connectivity index (χ4n) is 6.29. The zero-order chi connectivity index (χ0) is 40.5. The molecule has 0 spiro atoms. The zero-order valence-electron chi connectivity index (χ0n) is 36.7. The Labute approximate surface area is 339 Å². The van der Waals surface area contributed by atoms with Gasteiger partial charge in [0, 0.05) is 32.5 Å². The number of amides is 1. The Morgan fingerprint density at radius 2 is 0.873 bits per heavy atom. The highest BCUT2D eigenvalue weighted by atomic mass is 16.6. The number of nitrogens with zero attached hydrogens (tertiary/aromatic N) is 1. The molecule has 1 amide bonds. The van der Waals surface area contributed by atoms with Crippen LogP contribution in [-0.2, 0) is 23.8 Å². The average molecular weight is 777 g/mol. The van der Waals surface area contributed by atoms with E-state index in [0.29, 0.717) is 39.1 Å². The van der Waals surface area contributed by atoms with Gasteiger partial charge in [0.15, 0.2) is 0 Å². The molecule has 0 radical (unpaired) electrons. The first-order valence-corrected chi connectivity index (χ1v) is 23.0. The molecule has 0 bridgehead atoms. The van der Waals surface area contributed by atoms with E-state index in [1.54, 1.807) is 4.90 Å². The Kier molecular flexibility index (Phi) is 38.2. The minimum atomic E-state index is -0.624. The number of ether oxygens (including phenoxy) is 3. The first-order valence-electron chi connectivity index (χ1n) is 23.0. The predicted octanol–water partition coefficient (Wildman–Crippen LogP) is 13.0. The average Bonchev–Trinajstić information content (AvgIpc) is 3.14. The van der Waals surface area contributed by atoms with Gasteiger partial charge < -0.3 is 24.4 Å². The number of rotatable bonds is 39. The lowest BCUT2D eigenvalue weighted by Crippen LogP contribution is -2.42. The quantitative estimate of drug-likeness (QED) is 0.0287. The summed E-state index contributed by atoms with van der Waals surface area (Å²) in [5.41, 5.74) is -0.624. The number of unbranched alkanes of at least 4 members (excludes halogenated alkanes) is 22. The molecule has 0 unspecified atom stereocenters. The van der Waals surface area contributed by atoms with Crippen molar-refractivity contribution in [1.82, 2.24) is 10.2 Å². The smallest absolute Gasteiger partial charge is 0.410 e. The molecule has 0 heterocycles. The first-order chi connectivity index (χ1) is 26.7. The molecule has 55 heavy (non-hydrogen) atoms. The largest absolute Gasteiger partial charge is 0.464 e. The third-order valence-electron chi connectivity index (χ3n) is 9.66. The second kappa shape index (κ2) is 39.9. The van der Waals surface area contributed by atoms with E-state index in [2.05, 4.69) is 43.5 Å². The minimum absolute atomic E-state index is 0.136.